The Bertz CT molecular complexity index is 520. The van der Waals surface area contributed by atoms with Crippen LogP contribution in [0, 0.1) is 6.92 Å². The van der Waals surface area contributed by atoms with E-state index >= 15 is 0 Å². The van der Waals surface area contributed by atoms with Gasteiger partial charge < -0.3 is 9.73 Å². The van der Waals surface area contributed by atoms with Gasteiger partial charge in [0, 0.05) is 18.2 Å². The molecule has 94 valence electrons. The van der Waals surface area contributed by atoms with Crippen molar-refractivity contribution in [1.82, 2.24) is 10.3 Å². The molecule has 1 amide bonds. The fourth-order valence-corrected chi connectivity index (χ4v) is 1.75. The molecule has 18 heavy (non-hydrogen) atoms. The second-order valence-electron chi connectivity index (χ2n) is 4.32. The third-order valence-electron chi connectivity index (χ3n) is 2.59. The molecule has 0 aliphatic rings. The van der Waals surface area contributed by atoms with Crippen LogP contribution in [0.4, 0.5) is 0 Å². The maximum atomic E-state index is 11.9. The average molecular weight is 244 g/mol. The van der Waals surface area contributed by atoms with E-state index in [2.05, 4.69) is 10.3 Å². The largest absolute Gasteiger partial charge is 0.469 e. The summed E-state index contributed by atoms with van der Waals surface area (Å²) in [5.74, 6) is 0.706. The fraction of sp³-hybridized carbons (Fsp3) is 0.286. The molecule has 4 heteroatoms. The molecular weight excluding hydrogens is 228 g/mol. The van der Waals surface area contributed by atoms with Crippen LogP contribution in [0.1, 0.15) is 28.9 Å². The lowest BCUT2D eigenvalue weighted by molar-refractivity contribution is 0.0934. The summed E-state index contributed by atoms with van der Waals surface area (Å²) in [6.07, 6.45) is 2.30. The molecule has 0 aliphatic heterocycles. The number of pyridine rings is 1. The van der Waals surface area contributed by atoms with Crippen molar-refractivity contribution in [3.8, 4) is 0 Å². The van der Waals surface area contributed by atoms with Crippen molar-refractivity contribution in [3.63, 3.8) is 0 Å². The van der Waals surface area contributed by atoms with E-state index in [1.165, 1.54) is 0 Å². The summed E-state index contributed by atoms with van der Waals surface area (Å²) in [5, 5.41) is 2.90. The minimum atomic E-state index is -0.155. The number of rotatable bonds is 4. The zero-order valence-electron chi connectivity index (χ0n) is 10.5. The van der Waals surface area contributed by atoms with Crippen molar-refractivity contribution in [2.75, 3.05) is 0 Å². The van der Waals surface area contributed by atoms with E-state index in [0.29, 0.717) is 12.1 Å². The Hall–Kier alpha value is -2.10. The lowest BCUT2D eigenvalue weighted by atomic mass is 10.2. The van der Waals surface area contributed by atoms with Crippen LogP contribution in [0.5, 0.6) is 0 Å². The van der Waals surface area contributed by atoms with Gasteiger partial charge in [0.1, 0.15) is 11.5 Å². The van der Waals surface area contributed by atoms with Gasteiger partial charge in [-0.25, -0.2) is 4.98 Å². The number of furan rings is 1. The van der Waals surface area contributed by atoms with Crippen LogP contribution < -0.4 is 5.32 Å². The van der Waals surface area contributed by atoms with E-state index in [0.717, 1.165) is 11.5 Å². The third-order valence-corrected chi connectivity index (χ3v) is 2.59. The number of carbonyl (C=O) groups is 1. The van der Waals surface area contributed by atoms with Crippen LogP contribution in [0.3, 0.4) is 0 Å². The van der Waals surface area contributed by atoms with Gasteiger partial charge in [-0.2, -0.15) is 0 Å². The molecule has 2 aromatic heterocycles. The number of hydrogen-bond donors (Lipinski definition) is 1. The van der Waals surface area contributed by atoms with Gasteiger partial charge in [0.15, 0.2) is 0 Å². The number of hydrogen-bond acceptors (Lipinski definition) is 3. The number of amides is 1. The molecule has 0 aliphatic carbocycles. The maximum Gasteiger partial charge on any atom is 0.270 e. The van der Waals surface area contributed by atoms with Crippen molar-refractivity contribution >= 4 is 5.91 Å². The molecule has 4 nitrogen and oxygen atoms in total. The highest BCUT2D eigenvalue weighted by Crippen LogP contribution is 2.05. The lowest BCUT2D eigenvalue weighted by Crippen LogP contribution is -2.34. The van der Waals surface area contributed by atoms with Crippen molar-refractivity contribution in [1.29, 1.82) is 0 Å². The topological polar surface area (TPSA) is 55.1 Å². The minimum absolute atomic E-state index is 0.00552. The smallest absolute Gasteiger partial charge is 0.270 e. The van der Waals surface area contributed by atoms with E-state index < -0.39 is 0 Å². The van der Waals surface area contributed by atoms with Gasteiger partial charge in [-0.3, -0.25) is 4.79 Å². The Morgan fingerprint density at radius 2 is 2.22 bits per heavy atom. The zero-order chi connectivity index (χ0) is 13.0. The molecule has 0 aromatic carbocycles. The molecule has 0 saturated carbocycles. The third kappa shape index (κ3) is 3.20. The van der Waals surface area contributed by atoms with Crippen LogP contribution in [0.2, 0.25) is 0 Å². The van der Waals surface area contributed by atoms with Crippen LogP contribution in [-0.4, -0.2) is 16.9 Å². The summed E-state index contributed by atoms with van der Waals surface area (Å²) < 4.78 is 5.24. The number of aryl methyl sites for hydroxylation is 1. The Morgan fingerprint density at radius 1 is 1.39 bits per heavy atom. The summed E-state index contributed by atoms with van der Waals surface area (Å²) in [4.78, 5) is 16.1. The second kappa shape index (κ2) is 5.49. The molecule has 0 saturated heterocycles. The van der Waals surface area contributed by atoms with Gasteiger partial charge in [-0.1, -0.05) is 6.07 Å². The number of aromatic nitrogens is 1. The Balaban J connectivity index is 1.95. The molecule has 1 N–H and O–H groups in total. The average Bonchev–Trinajstić information content (AvgIpc) is 2.81. The van der Waals surface area contributed by atoms with Crippen LogP contribution in [-0.2, 0) is 6.42 Å². The normalized spacial score (nSPS) is 12.1. The molecule has 2 aromatic rings. The maximum absolute atomic E-state index is 11.9. The van der Waals surface area contributed by atoms with Gasteiger partial charge in [-0.15, -0.1) is 0 Å². The van der Waals surface area contributed by atoms with Crippen LogP contribution >= 0.6 is 0 Å². The first-order valence-electron chi connectivity index (χ1n) is 5.92. The Labute approximate surface area is 106 Å². The van der Waals surface area contributed by atoms with Crippen molar-refractivity contribution in [2.24, 2.45) is 0 Å². The predicted molar refractivity (Wildman–Crippen MR) is 68.3 cm³/mol. The highest BCUT2D eigenvalue weighted by atomic mass is 16.3. The van der Waals surface area contributed by atoms with Gasteiger partial charge in [0.2, 0.25) is 0 Å². The Kier molecular flexibility index (Phi) is 3.77. The van der Waals surface area contributed by atoms with Crippen LogP contribution in [0.15, 0.2) is 41.0 Å². The zero-order valence-corrected chi connectivity index (χ0v) is 10.5. The van der Waals surface area contributed by atoms with Crippen molar-refractivity contribution in [2.45, 2.75) is 26.3 Å². The minimum Gasteiger partial charge on any atom is -0.469 e. The summed E-state index contributed by atoms with van der Waals surface area (Å²) in [5.41, 5.74) is 1.28. The lowest BCUT2D eigenvalue weighted by Gasteiger charge is -2.12. The summed E-state index contributed by atoms with van der Waals surface area (Å²) in [6, 6.07) is 9.14. The second-order valence-corrected chi connectivity index (χ2v) is 4.32. The summed E-state index contributed by atoms with van der Waals surface area (Å²) in [7, 11) is 0. The first kappa shape index (κ1) is 12.4. The van der Waals surface area contributed by atoms with E-state index in [9.17, 15) is 4.79 Å². The quantitative estimate of drug-likeness (QED) is 0.898. The number of nitrogens with one attached hydrogen (secondary N) is 1. The summed E-state index contributed by atoms with van der Waals surface area (Å²) in [6.45, 7) is 3.80. The van der Waals surface area contributed by atoms with Gasteiger partial charge in [0.25, 0.3) is 5.91 Å². The van der Waals surface area contributed by atoms with Gasteiger partial charge in [0.05, 0.1) is 6.26 Å². The monoisotopic (exact) mass is 244 g/mol. The first-order chi connectivity index (χ1) is 8.65. The number of nitrogens with zero attached hydrogens (tertiary/aromatic N) is 1. The Morgan fingerprint density at radius 3 is 2.89 bits per heavy atom. The van der Waals surface area contributed by atoms with Gasteiger partial charge in [-0.05, 0) is 38.1 Å². The standard InChI is InChI=1S/C14H16N2O2/c1-10-5-3-7-13(15-10)14(17)16-11(2)9-12-6-4-8-18-12/h3-8,11H,9H2,1-2H3,(H,16,17)/t11-/m0/s1. The molecule has 2 rings (SSSR count). The van der Waals surface area contributed by atoms with Crippen LogP contribution in [0.25, 0.3) is 0 Å². The number of carbonyl (C=O) groups excluding carboxylic acids is 1. The predicted octanol–water partition coefficient (Wildman–Crippen LogP) is 2.34. The highest BCUT2D eigenvalue weighted by molar-refractivity contribution is 5.92. The molecule has 0 unspecified atom stereocenters. The fourth-order valence-electron chi connectivity index (χ4n) is 1.75. The highest BCUT2D eigenvalue weighted by Gasteiger charge is 2.12. The summed E-state index contributed by atoms with van der Waals surface area (Å²) >= 11 is 0. The molecule has 0 bridgehead atoms. The van der Waals surface area contributed by atoms with E-state index in [1.54, 1.807) is 12.3 Å². The van der Waals surface area contributed by atoms with E-state index in [4.69, 9.17) is 4.42 Å². The first-order valence-corrected chi connectivity index (χ1v) is 5.92. The van der Waals surface area contributed by atoms with Gasteiger partial charge >= 0.3 is 0 Å². The SMILES string of the molecule is Cc1cccc(C(=O)N[C@@H](C)Cc2ccco2)n1. The molecule has 0 fully saturated rings. The molecular formula is C14H16N2O2. The molecule has 0 spiro atoms. The van der Waals surface area contributed by atoms with E-state index in [1.807, 2.05) is 38.1 Å². The van der Waals surface area contributed by atoms with Crippen molar-refractivity contribution in [3.05, 3.63) is 53.7 Å². The van der Waals surface area contributed by atoms with E-state index in [-0.39, 0.29) is 11.9 Å². The molecule has 0 radical (unpaired) electrons. The molecule has 1 atom stereocenters. The molecule has 2 heterocycles. The van der Waals surface area contributed by atoms with Crippen molar-refractivity contribution < 1.29 is 9.21 Å².